The SMILES string of the molecule is N#CCC(O)C(O)c1cc(F)cnc1N. The third-order valence-electron chi connectivity index (χ3n) is 1.90. The minimum atomic E-state index is -1.41. The second kappa shape index (κ2) is 4.68. The maximum absolute atomic E-state index is 12.8. The van der Waals surface area contributed by atoms with Gasteiger partial charge in [-0.05, 0) is 6.07 Å². The molecule has 80 valence electrons. The fourth-order valence-corrected chi connectivity index (χ4v) is 1.11. The van der Waals surface area contributed by atoms with Crippen molar-refractivity contribution in [3.8, 4) is 6.07 Å². The largest absolute Gasteiger partial charge is 0.389 e. The predicted molar refractivity (Wildman–Crippen MR) is 49.8 cm³/mol. The molecule has 0 saturated carbocycles. The molecule has 0 saturated heterocycles. The summed E-state index contributed by atoms with van der Waals surface area (Å²) in [5, 5.41) is 27.2. The van der Waals surface area contributed by atoms with Crippen LogP contribution in [-0.2, 0) is 0 Å². The van der Waals surface area contributed by atoms with Crippen molar-refractivity contribution in [2.45, 2.75) is 18.6 Å². The molecule has 2 unspecified atom stereocenters. The highest BCUT2D eigenvalue weighted by molar-refractivity contribution is 5.41. The van der Waals surface area contributed by atoms with Gasteiger partial charge in [0.05, 0.1) is 24.8 Å². The standard InChI is InChI=1S/C9H10FN3O2/c10-5-3-6(9(12)13-4-5)8(15)7(14)1-2-11/h3-4,7-8,14-15H,1H2,(H2,12,13). The molecule has 2 atom stereocenters. The molecule has 0 bridgehead atoms. The number of aliphatic hydroxyl groups is 2. The van der Waals surface area contributed by atoms with Crippen molar-refractivity contribution in [2.24, 2.45) is 0 Å². The molecule has 0 aliphatic rings. The fraction of sp³-hybridized carbons (Fsp3) is 0.333. The second-order valence-electron chi connectivity index (χ2n) is 3.00. The van der Waals surface area contributed by atoms with E-state index in [1.165, 1.54) is 0 Å². The normalized spacial score (nSPS) is 14.3. The molecule has 0 aliphatic carbocycles. The molecule has 0 aliphatic heterocycles. The molecule has 6 heteroatoms. The van der Waals surface area contributed by atoms with Crippen LogP contribution >= 0.6 is 0 Å². The van der Waals surface area contributed by atoms with Crippen LogP contribution in [-0.4, -0.2) is 21.3 Å². The molecule has 1 heterocycles. The monoisotopic (exact) mass is 211 g/mol. The maximum Gasteiger partial charge on any atom is 0.142 e. The summed E-state index contributed by atoms with van der Waals surface area (Å²) in [6, 6.07) is 2.67. The molecular formula is C9H10FN3O2. The zero-order chi connectivity index (χ0) is 11.4. The molecule has 5 nitrogen and oxygen atoms in total. The van der Waals surface area contributed by atoms with Gasteiger partial charge >= 0.3 is 0 Å². The third-order valence-corrected chi connectivity index (χ3v) is 1.90. The molecule has 4 N–H and O–H groups in total. The van der Waals surface area contributed by atoms with Crippen molar-refractivity contribution in [3.63, 3.8) is 0 Å². The van der Waals surface area contributed by atoms with Crippen LogP contribution in [0.1, 0.15) is 18.1 Å². The van der Waals surface area contributed by atoms with Crippen LogP contribution in [0.15, 0.2) is 12.3 Å². The second-order valence-corrected chi connectivity index (χ2v) is 3.00. The summed E-state index contributed by atoms with van der Waals surface area (Å²) in [4.78, 5) is 3.49. The maximum atomic E-state index is 12.8. The van der Waals surface area contributed by atoms with Crippen molar-refractivity contribution < 1.29 is 14.6 Å². The average Bonchev–Trinajstić information content (AvgIpc) is 2.21. The number of rotatable bonds is 3. The number of nitriles is 1. The van der Waals surface area contributed by atoms with Crippen molar-refractivity contribution in [1.29, 1.82) is 5.26 Å². The molecule has 0 spiro atoms. The lowest BCUT2D eigenvalue weighted by Crippen LogP contribution is -2.19. The zero-order valence-electron chi connectivity index (χ0n) is 7.76. The third kappa shape index (κ3) is 2.62. The minimum absolute atomic E-state index is 0.0160. The van der Waals surface area contributed by atoms with Crippen LogP contribution < -0.4 is 5.73 Å². The van der Waals surface area contributed by atoms with Crippen LogP contribution in [0, 0.1) is 17.1 Å². The van der Waals surface area contributed by atoms with Gasteiger partial charge in [-0.3, -0.25) is 0 Å². The minimum Gasteiger partial charge on any atom is -0.389 e. The van der Waals surface area contributed by atoms with E-state index in [1.54, 1.807) is 6.07 Å². The molecule has 0 aromatic carbocycles. The molecule has 0 amide bonds. The van der Waals surface area contributed by atoms with Gasteiger partial charge in [-0.1, -0.05) is 0 Å². The Morgan fingerprint density at radius 2 is 2.27 bits per heavy atom. The molecule has 0 fully saturated rings. The summed E-state index contributed by atoms with van der Waals surface area (Å²) in [6.07, 6.45) is -2.08. The number of anilines is 1. The Bertz CT molecular complexity index is 391. The number of halogens is 1. The zero-order valence-corrected chi connectivity index (χ0v) is 7.76. The first-order valence-electron chi connectivity index (χ1n) is 4.20. The average molecular weight is 211 g/mol. The molecule has 1 aromatic rings. The number of nitrogens with two attached hydrogens (primary N) is 1. The number of pyridine rings is 1. The predicted octanol–water partition coefficient (Wildman–Crippen LogP) is 0.111. The van der Waals surface area contributed by atoms with Crippen LogP contribution in [0.2, 0.25) is 0 Å². The van der Waals surface area contributed by atoms with Gasteiger partial charge in [0.1, 0.15) is 17.7 Å². The first-order valence-corrected chi connectivity index (χ1v) is 4.20. The van der Waals surface area contributed by atoms with E-state index in [9.17, 15) is 14.6 Å². The van der Waals surface area contributed by atoms with E-state index >= 15 is 0 Å². The van der Waals surface area contributed by atoms with Crippen molar-refractivity contribution in [1.82, 2.24) is 4.98 Å². The van der Waals surface area contributed by atoms with Gasteiger partial charge in [-0.15, -0.1) is 0 Å². The lowest BCUT2D eigenvalue weighted by molar-refractivity contribution is 0.0217. The van der Waals surface area contributed by atoms with Gasteiger partial charge in [-0.25, -0.2) is 9.37 Å². The van der Waals surface area contributed by atoms with Gasteiger partial charge in [0.25, 0.3) is 0 Å². The van der Waals surface area contributed by atoms with Crippen LogP contribution in [0.5, 0.6) is 0 Å². The summed E-state index contributed by atoms with van der Waals surface area (Å²) in [7, 11) is 0. The highest BCUT2D eigenvalue weighted by Gasteiger charge is 2.21. The quantitative estimate of drug-likeness (QED) is 0.658. The lowest BCUT2D eigenvalue weighted by Gasteiger charge is -2.16. The number of nitrogen functional groups attached to an aromatic ring is 1. The number of aromatic nitrogens is 1. The van der Waals surface area contributed by atoms with E-state index in [1.807, 2.05) is 0 Å². The van der Waals surface area contributed by atoms with Gasteiger partial charge in [0.15, 0.2) is 0 Å². The van der Waals surface area contributed by atoms with Crippen molar-refractivity contribution in [2.75, 3.05) is 5.73 Å². The molecule has 1 rings (SSSR count). The first kappa shape index (κ1) is 11.4. The number of nitrogens with zero attached hydrogens (tertiary/aromatic N) is 2. The van der Waals surface area contributed by atoms with E-state index in [4.69, 9.17) is 11.0 Å². The number of hydrogen-bond acceptors (Lipinski definition) is 5. The Balaban J connectivity index is 2.95. The Morgan fingerprint density at radius 1 is 1.60 bits per heavy atom. The topological polar surface area (TPSA) is 103 Å². The van der Waals surface area contributed by atoms with Gasteiger partial charge in [0.2, 0.25) is 0 Å². The summed E-state index contributed by atoms with van der Waals surface area (Å²) in [5.41, 5.74) is 5.38. The summed E-state index contributed by atoms with van der Waals surface area (Å²) in [6.45, 7) is 0. The molecule has 0 radical (unpaired) electrons. The smallest absolute Gasteiger partial charge is 0.142 e. The van der Waals surface area contributed by atoms with Gasteiger partial charge in [-0.2, -0.15) is 5.26 Å². The lowest BCUT2D eigenvalue weighted by atomic mass is 10.0. The summed E-state index contributed by atoms with van der Waals surface area (Å²) < 4.78 is 12.8. The van der Waals surface area contributed by atoms with Crippen LogP contribution in [0.3, 0.4) is 0 Å². The molecular weight excluding hydrogens is 201 g/mol. The summed E-state index contributed by atoms with van der Waals surface area (Å²) >= 11 is 0. The van der Waals surface area contributed by atoms with Crippen molar-refractivity contribution in [3.05, 3.63) is 23.6 Å². The fourth-order valence-electron chi connectivity index (χ4n) is 1.11. The van der Waals surface area contributed by atoms with Crippen LogP contribution in [0.4, 0.5) is 10.2 Å². The van der Waals surface area contributed by atoms with Gasteiger partial charge in [0, 0.05) is 5.56 Å². The highest BCUT2D eigenvalue weighted by atomic mass is 19.1. The van der Waals surface area contributed by atoms with E-state index in [2.05, 4.69) is 4.98 Å². The Labute approximate surface area is 85.6 Å². The number of aliphatic hydroxyl groups excluding tert-OH is 2. The highest BCUT2D eigenvalue weighted by Crippen LogP contribution is 2.23. The Kier molecular flexibility index (Phi) is 3.55. The van der Waals surface area contributed by atoms with Crippen molar-refractivity contribution >= 4 is 5.82 Å². The van der Waals surface area contributed by atoms with Gasteiger partial charge < -0.3 is 15.9 Å². The number of hydrogen-bond donors (Lipinski definition) is 3. The first-order chi connectivity index (χ1) is 7.06. The van der Waals surface area contributed by atoms with Crippen LogP contribution in [0.25, 0.3) is 0 Å². The molecule has 15 heavy (non-hydrogen) atoms. The molecule has 1 aromatic heterocycles. The summed E-state index contributed by atoms with van der Waals surface area (Å²) in [5.74, 6) is -0.733. The van der Waals surface area contributed by atoms with E-state index < -0.39 is 18.0 Å². The van der Waals surface area contributed by atoms with E-state index in [0.717, 1.165) is 12.3 Å². The Morgan fingerprint density at radius 3 is 2.87 bits per heavy atom. The van der Waals surface area contributed by atoms with E-state index in [-0.39, 0.29) is 17.8 Å². The Hall–Kier alpha value is -1.71. The van der Waals surface area contributed by atoms with E-state index in [0.29, 0.717) is 0 Å².